The molecule has 0 aliphatic heterocycles. The summed E-state index contributed by atoms with van der Waals surface area (Å²) in [5.74, 6) is 0.283. The predicted molar refractivity (Wildman–Crippen MR) is 108 cm³/mol. The number of nitrogens with zero attached hydrogens (tertiary/aromatic N) is 1. The lowest BCUT2D eigenvalue weighted by molar-refractivity contribution is -0.0109. The van der Waals surface area contributed by atoms with Gasteiger partial charge in [-0.1, -0.05) is 31.4 Å². The Morgan fingerprint density at radius 2 is 2.33 bits per heavy atom. The zero-order chi connectivity index (χ0) is 19.4. The Labute approximate surface area is 165 Å². The van der Waals surface area contributed by atoms with Crippen molar-refractivity contribution in [2.24, 2.45) is 5.92 Å². The van der Waals surface area contributed by atoms with Crippen LogP contribution in [0.3, 0.4) is 0 Å². The first-order valence-corrected chi connectivity index (χ1v) is 10.2. The van der Waals surface area contributed by atoms with Crippen LogP contribution in [0, 0.1) is 5.92 Å². The van der Waals surface area contributed by atoms with Crippen molar-refractivity contribution in [3.05, 3.63) is 40.7 Å². The van der Waals surface area contributed by atoms with Crippen molar-refractivity contribution in [2.75, 3.05) is 19.8 Å². The van der Waals surface area contributed by atoms with Crippen LogP contribution in [0.2, 0.25) is 5.02 Å². The highest BCUT2D eigenvalue weighted by molar-refractivity contribution is 6.34. The quantitative estimate of drug-likeness (QED) is 0.703. The third kappa shape index (κ3) is 4.65. The number of hydrogen-bond donors (Lipinski definition) is 2. The van der Waals surface area contributed by atoms with Crippen molar-refractivity contribution in [3.8, 4) is 0 Å². The first-order valence-electron chi connectivity index (χ1n) is 9.80. The molecular formula is C21H29ClN2O3. The van der Waals surface area contributed by atoms with Crippen LogP contribution in [-0.2, 0) is 11.2 Å². The third-order valence-electron chi connectivity index (χ3n) is 5.42. The molecule has 1 aliphatic rings. The maximum Gasteiger partial charge on any atom is 0.253 e. The molecule has 0 radical (unpaired) electrons. The lowest BCUT2D eigenvalue weighted by atomic mass is 9.79. The molecule has 2 aromatic heterocycles. The molecule has 0 spiro atoms. The molecule has 2 unspecified atom stereocenters. The Morgan fingerprint density at radius 3 is 3.07 bits per heavy atom. The second-order valence-electron chi connectivity index (χ2n) is 7.68. The fourth-order valence-electron chi connectivity index (χ4n) is 4.10. The minimum absolute atomic E-state index is 0.199. The summed E-state index contributed by atoms with van der Waals surface area (Å²) in [5.41, 5.74) is 1.41. The summed E-state index contributed by atoms with van der Waals surface area (Å²) in [6.07, 6.45) is 6.20. The molecule has 27 heavy (non-hydrogen) atoms. The summed E-state index contributed by atoms with van der Waals surface area (Å²) in [4.78, 5) is 12.9. The number of halogens is 1. The molecule has 5 nitrogen and oxygen atoms in total. The fourth-order valence-corrected chi connectivity index (χ4v) is 4.37. The number of amides is 1. The predicted octanol–water partition coefficient (Wildman–Crippen LogP) is 3.84. The van der Waals surface area contributed by atoms with Gasteiger partial charge in [-0.25, -0.2) is 0 Å². The van der Waals surface area contributed by atoms with Crippen molar-refractivity contribution < 1.29 is 14.6 Å². The lowest BCUT2D eigenvalue weighted by Crippen LogP contribution is -2.45. The zero-order valence-corrected chi connectivity index (χ0v) is 16.9. The highest BCUT2D eigenvalue weighted by atomic mass is 35.5. The van der Waals surface area contributed by atoms with Gasteiger partial charge in [-0.05, 0) is 43.9 Å². The van der Waals surface area contributed by atoms with Gasteiger partial charge in [0.15, 0.2) is 0 Å². The van der Waals surface area contributed by atoms with Crippen LogP contribution in [0.25, 0.3) is 5.52 Å². The number of nitrogens with one attached hydrogen (secondary N) is 1. The van der Waals surface area contributed by atoms with E-state index in [2.05, 4.69) is 12.2 Å². The van der Waals surface area contributed by atoms with E-state index in [1.807, 2.05) is 29.7 Å². The number of ether oxygens (including phenoxy) is 1. The Kier molecular flexibility index (Phi) is 6.45. The molecule has 2 atom stereocenters. The van der Waals surface area contributed by atoms with Crippen LogP contribution in [0.5, 0.6) is 0 Å². The molecule has 1 aliphatic carbocycles. The van der Waals surface area contributed by atoms with Crippen LogP contribution in [0.1, 0.15) is 55.6 Å². The van der Waals surface area contributed by atoms with Crippen molar-refractivity contribution >= 4 is 23.0 Å². The summed E-state index contributed by atoms with van der Waals surface area (Å²) < 4.78 is 7.41. The molecule has 1 saturated carbocycles. The summed E-state index contributed by atoms with van der Waals surface area (Å²) in [5, 5.41) is 14.3. The Bertz CT molecular complexity index is 804. The first kappa shape index (κ1) is 20.2. The highest BCUT2D eigenvalue weighted by Crippen LogP contribution is 2.32. The van der Waals surface area contributed by atoms with E-state index in [0.717, 1.165) is 31.4 Å². The molecule has 148 valence electrons. The maximum atomic E-state index is 12.9. The second kappa shape index (κ2) is 8.63. The van der Waals surface area contributed by atoms with Crippen LogP contribution >= 0.6 is 11.6 Å². The molecule has 2 heterocycles. The van der Waals surface area contributed by atoms with Crippen molar-refractivity contribution in [3.63, 3.8) is 0 Å². The maximum absolute atomic E-state index is 12.9. The minimum atomic E-state index is -0.815. The standard InChI is InChI=1S/C21H29ClN2O3/c1-3-27-11-8-16-12-17(19-18(22)7-5-10-24(16)19)20(25)23-14-21(26)9-4-6-15(2)13-21/h5,7,10,12,15,26H,3-4,6,8-9,11,13-14H2,1-2H3,(H,23,25). The smallest absolute Gasteiger partial charge is 0.253 e. The number of carbonyl (C=O) groups is 1. The molecule has 1 amide bonds. The molecule has 2 aromatic rings. The molecule has 6 heteroatoms. The second-order valence-corrected chi connectivity index (χ2v) is 8.09. The van der Waals surface area contributed by atoms with Crippen molar-refractivity contribution in [2.45, 2.75) is 51.6 Å². The van der Waals surface area contributed by atoms with E-state index >= 15 is 0 Å². The Hall–Kier alpha value is -1.56. The fraction of sp³-hybridized carbons (Fsp3) is 0.571. The SMILES string of the molecule is CCOCCc1cc(C(=O)NCC2(O)CCCC(C)C2)c2c(Cl)cccn12. The van der Waals surface area contributed by atoms with E-state index in [-0.39, 0.29) is 12.5 Å². The number of aromatic nitrogens is 1. The summed E-state index contributed by atoms with van der Waals surface area (Å²) in [6.45, 7) is 5.63. The first-order chi connectivity index (χ1) is 12.9. The number of aliphatic hydroxyl groups is 1. The van der Waals surface area contributed by atoms with Crippen LogP contribution in [0.4, 0.5) is 0 Å². The van der Waals surface area contributed by atoms with Crippen molar-refractivity contribution in [1.29, 1.82) is 0 Å². The van der Waals surface area contributed by atoms with Gasteiger partial charge in [0, 0.05) is 31.5 Å². The highest BCUT2D eigenvalue weighted by Gasteiger charge is 2.33. The molecule has 0 bridgehead atoms. The van der Waals surface area contributed by atoms with Crippen LogP contribution in [-0.4, -0.2) is 40.8 Å². The van der Waals surface area contributed by atoms with Crippen LogP contribution in [0.15, 0.2) is 24.4 Å². The molecular weight excluding hydrogens is 364 g/mol. The van der Waals surface area contributed by atoms with Gasteiger partial charge in [-0.3, -0.25) is 4.79 Å². The van der Waals surface area contributed by atoms with Gasteiger partial charge in [0.05, 0.1) is 28.3 Å². The summed E-state index contributed by atoms with van der Waals surface area (Å²) in [7, 11) is 0. The van der Waals surface area contributed by atoms with Gasteiger partial charge >= 0.3 is 0 Å². The summed E-state index contributed by atoms with van der Waals surface area (Å²) in [6, 6.07) is 5.53. The molecule has 1 fully saturated rings. The van der Waals surface area contributed by atoms with Gasteiger partial charge in [-0.2, -0.15) is 0 Å². The van der Waals surface area contributed by atoms with E-state index in [4.69, 9.17) is 16.3 Å². The number of carbonyl (C=O) groups excluding carboxylic acids is 1. The van der Waals surface area contributed by atoms with Gasteiger partial charge in [-0.15, -0.1) is 0 Å². The van der Waals surface area contributed by atoms with Crippen LogP contribution < -0.4 is 5.32 Å². The lowest BCUT2D eigenvalue weighted by Gasteiger charge is -2.35. The normalized spacial score (nSPS) is 22.9. The van der Waals surface area contributed by atoms with E-state index in [0.29, 0.717) is 41.7 Å². The molecule has 0 aromatic carbocycles. The zero-order valence-electron chi connectivity index (χ0n) is 16.1. The van der Waals surface area contributed by atoms with Gasteiger partial charge in [0.1, 0.15) is 0 Å². The molecule has 2 N–H and O–H groups in total. The largest absolute Gasteiger partial charge is 0.388 e. The van der Waals surface area contributed by atoms with Gasteiger partial charge < -0.3 is 19.6 Å². The van der Waals surface area contributed by atoms with E-state index in [9.17, 15) is 9.90 Å². The number of fused-ring (bicyclic) bond motifs is 1. The Balaban J connectivity index is 1.79. The molecule has 3 rings (SSSR count). The average Bonchev–Trinajstić information content (AvgIpc) is 3.00. The van der Waals surface area contributed by atoms with Crippen molar-refractivity contribution in [1.82, 2.24) is 9.72 Å². The third-order valence-corrected chi connectivity index (χ3v) is 5.72. The summed E-state index contributed by atoms with van der Waals surface area (Å²) >= 11 is 6.39. The average molecular weight is 393 g/mol. The number of pyridine rings is 1. The van der Waals surface area contributed by atoms with E-state index in [1.54, 1.807) is 6.07 Å². The van der Waals surface area contributed by atoms with Gasteiger partial charge in [0.25, 0.3) is 5.91 Å². The number of hydrogen-bond acceptors (Lipinski definition) is 3. The molecule has 0 saturated heterocycles. The van der Waals surface area contributed by atoms with E-state index in [1.165, 1.54) is 0 Å². The number of rotatable bonds is 7. The minimum Gasteiger partial charge on any atom is -0.388 e. The topological polar surface area (TPSA) is 63.0 Å². The van der Waals surface area contributed by atoms with Gasteiger partial charge in [0.2, 0.25) is 0 Å². The monoisotopic (exact) mass is 392 g/mol. The van der Waals surface area contributed by atoms with E-state index < -0.39 is 5.60 Å². The Morgan fingerprint density at radius 1 is 1.52 bits per heavy atom.